The summed E-state index contributed by atoms with van der Waals surface area (Å²) in [6.45, 7) is 5.27. The number of aryl methyl sites for hydroxylation is 2. The molecule has 0 aliphatic carbocycles. The minimum Gasteiger partial charge on any atom is -0.486 e. The molecule has 3 aromatic rings. The number of hydrogen-bond donors (Lipinski definition) is 2. The minimum atomic E-state index is 0.427. The van der Waals surface area contributed by atoms with Gasteiger partial charge in [0.05, 0.1) is 6.20 Å². The van der Waals surface area contributed by atoms with Crippen LogP contribution >= 0.6 is 0 Å². The van der Waals surface area contributed by atoms with E-state index in [-0.39, 0.29) is 0 Å². The van der Waals surface area contributed by atoms with Gasteiger partial charge in [0.15, 0.2) is 17.3 Å². The molecule has 2 heterocycles. The number of anilines is 4. The number of benzene rings is 2. The summed E-state index contributed by atoms with van der Waals surface area (Å²) >= 11 is 0. The SMILES string of the molecule is Cc1ccc(Nc2nncc(Nc3ccc4c(c3)OCCO4)n2)cc1C. The van der Waals surface area contributed by atoms with Crippen LogP contribution in [0.25, 0.3) is 0 Å². The number of nitrogens with zero attached hydrogens (tertiary/aromatic N) is 3. The minimum absolute atomic E-state index is 0.427. The van der Waals surface area contributed by atoms with Gasteiger partial charge in [-0.15, -0.1) is 5.10 Å². The van der Waals surface area contributed by atoms with Crippen LogP contribution in [-0.2, 0) is 0 Å². The van der Waals surface area contributed by atoms with Crippen molar-refractivity contribution >= 4 is 23.1 Å². The molecule has 1 aliphatic heterocycles. The van der Waals surface area contributed by atoms with Gasteiger partial charge < -0.3 is 20.1 Å². The average Bonchev–Trinajstić information content (AvgIpc) is 2.65. The van der Waals surface area contributed by atoms with E-state index in [9.17, 15) is 0 Å². The summed E-state index contributed by atoms with van der Waals surface area (Å²) in [5.41, 5.74) is 4.20. The molecule has 2 aromatic carbocycles. The van der Waals surface area contributed by atoms with Crippen molar-refractivity contribution in [1.29, 1.82) is 0 Å². The van der Waals surface area contributed by atoms with E-state index >= 15 is 0 Å². The zero-order valence-electron chi connectivity index (χ0n) is 14.6. The maximum atomic E-state index is 5.60. The molecule has 1 aliphatic rings. The fourth-order valence-electron chi connectivity index (χ4n) is 2.63. The highest BCUT2D eigenvalue weighted by molar-refractivity contribution is 5.62. The van der Waals surface area contributed by atoms with Gasteiger partial charge >= 0.3 is 0 Å². The standard InChI is InChI=1S/C19H19N5O2/c1-12-3-4-14(9-13(12)2)22-19-23-18(11-20-24-19)21-15-5-6-16-17(10-15)26-8-7-25-16/h3-6,9-11H,7-8H2,1-2H3,(H2,21,22,23,24). The van der Waals surface area contributed by atoms with Gasteiger partial charge in [-0.3, -0.25) is 0 Å². The van der Waals surface area contributed by atoms with Crippen molar-refractivity contribution in [3.05, 3.63) is 53.7 Å². The number of hydrogen-bond acceptors (Lipinski definition) is 7. The second kappa shape index (κ2) is 6.87. The Labute approximate surface area is 151 Å². The fourth-order valence-corrected chi connectivity index (χ4v) is 2.63. The molecule has 2 N–H and O–H groups in total. The Bertz CT molecular complexity index is 945. The molecular formula is C19H19N5O2. The van der Waals surface area contributed by atoms with Crippen LogP contribution in [0, 0.1) is 13.8 Å². The molecule has 0 radical (unpaired) electrons. The predicted molar refractivity (Wildman–Crippen MR) is 99.7 cm³/mol. The summed E-state index contributed by atoms with van der Waals surface area (Å²) in [6.07, 6.45) is 1.57. The van der Waals surface area contributed by atoms with Crippen LogP contribution in [0.1, 0.15) is 11.1 Å². The Kier molecular flexibility index (Phi) is 4.27. The van der Waals surface area contributed by atoms with Crippen molar-refractivity contribution < 1.29 is 9.47 Å². The maximum Gasteiger partial charge on any atom is 0.249 e. The summed E-state index contributed by atoms with van der Waals surface area (Å²) < 4.78 is 11.1. The Morgan fingerprint density at radius 2 is 1.62 bits per heavy atom. The highest BCUT2D eigenvalue weighted by Crippen LogP contribution is 2.33. The smallest absolute Gasteiger partial charge is 0.249 e. The normalized spacial score (nSPS) is 12.5. The Morgan fingerprint density at radius 1 is 0.846 bits per heavy atom. The Morgan fingerprint density at radius 3 is 2.46 bits per heavy atom. The third kappa shape index (κ3) is 3.51. The van der Waals surface area contributed by atoms with Gasteiger partial charge in [-0.25, -0.2) is 0 Å². The molecule has 0 unspecified atom stereocenters. The number of aromatic nitrogens is 3. The first-order valence-corrected chi connectivity index (χ1v) is 8.38. The second-order valence-corrected chi connectivity index (χ2v) is 6.07. The van der Waals surface area contributed by atoms with Crippen LogP contribution < -0.4 is 20.1 Å². The number of fused-ring (bicyclic) bond motifs is 1. The molecule has 0 saturated carbocycles. The van der Waals surface area contributed by atoms with Gasteiger partial charge in [-0.2, -0.15) is 10.1 Å². The zero-order chi connectivity index (χ0) is 17.9. The van der Waals surface area contributed by atoms with E-state index in [0.29, 0.717) is 25.0 Å². The molecule has 0 saturated heterocycles. The van der Waals surface area contributed by atoms with Gasteiger partial charge in [0, 0.05) is 17.4 Å². The summed E-state index contributed by atoms with van der Waals surface area (Å²) in [5.74, 6) is 2.48. The van der Waals surface area contributed by atoms with Gasteiger partial charge in [-0.1, -0.05) is 6.07 Å². The van der Waals surface area contributed by atoms with E-state index in [1.807, 2.05) is 24.3 Å². The molecule has 0 amide bonds. The first-order valence-electron chi connectivity index (χ1n) is 8.38. The van der Waals surface area contributed by atoms with Crippen molar-refractivity contribution in [2.45, 2.75) is 13.8 Å². The molecular weight excluding hydrogens is 330 g/mol. The molecule has 26 heavy (non-hydrogen) atoms. The molecule has 0 bridgehead atoms. The van der Waals surface area contributed by atoms with Gasteiger partial charge in [0.1, 0.15) is 13.2 Å². The molecule has 7 heteroatoms. The van der Waals surface area contributed by atoms with Gasteiger partial charge in [-0.05, 0) is 49.2 Å². The van der Waals surface area contributed by atoms with E-state index in [2.05, 4.69) is 51.8 Å². The summed E-state index contributed by atoms with van der Waals surface area (Å²) in [7, 11) is 0. The fraction of sp³-hybridized carbons (Fsp3) is 0.211. The van der Waals surface area contributed by atoms with Crippen molar-refractivity contribution in [3.8, 4) is 11.5 Å². The molecule has 0 spiro atoms. The van der Waals surface area contributed by atoms with Gasteiger partial charge in [0.2, 0.25) is 5.95 Å². The van der Waals surface area contributed by atoms with Gasteiger partial charge in [0.25, 0.3) is 0 Å². The first kappa shape index (κ1) is 16.1. The lowest BCUT2D eigenvalue weighted by atomic mass is 10.1. The lowest BCUT2D eigenvalue weighted by Crippen LogP contribution is -2.15. The first-order chi connectivity index (χ1) is 12.7. The molecule has 0 atom stereocenters. The van der Waals surface area contributed by atoms with Crippen molar-refractivity contribution in [1.82, 2.24) is 15.2 Å². The third-order valence-electron chi connectivity index (χ3n) is 4.14. The summed E-state index contributed by atoms with van der Waals surface area (Å²) in [6, 6.07) is 11.8. The summed E-state index contributed by atoms with van der Waals surface area (Å²) in [5, 5.41) is 14.4. The van der Waals surface area contributed by atoms with Crippen molar-refractivity contribution in [3.63, 3.8) is 0 Å². The maximum absolute atomic E-state index is 5.60. The van der Waals surface area contributed by atoms with Crippen LogP contribution in [-0.4, -0.2) is 28.4 Å². The number of rotatable bonds is 4. The topological polar surface area (TPSA) is 81.2 Å². The quantitative estimate of drug-likeness (QED) is 0.742. The monoisotopic (exact) mass is 349 g/mol. The van der Waals surface area contributed by atoms with Crippen LogP contribution in [0.5, 0.6) is 11.5 Å². The Hall–Kier alpha value is -3.35. The van der Waals surface area contributed by atoms with Crippen LogP contribution in [0.15, 0.2) is 42.6 Å². The highest BCUT2D eigenvalue weighted by atomic mass is 16.6. The van der Waals surface area contributed by atoms with E-state index in [1.165, 1.54) is 11.1 Å². The number of ether oxygens (including phenoxy) is 2. The predicted octanol–water partition coefficient (Wildman–Crippen LogP) is 3.75. The number of nitrogens with one attached hydrogen (secondary N) is 2. The van der Waals surface area contributed by atoms with E-state index in [0.717, 1.165) is 22.9 Å². The third-order valence-corrected chi connectivity index (χ3v) is 4.14. The largest absolute Gasteiger partial charge is 0.486 e. The molecule has 0 fully saturated rings. The lowest BCUT2D eigenvalue weighted by Gasteiger charge is -2.19. The van der Waals surface area contributed by atoms with Crippen molar-refractivity contribution in [2.75, 3.05) is 23.8 Å². The van der Waals surface area contributed by atoms with E-state index in [4.69, 9.17) is 9.47 Å². The Balaban J connectivity index is 1.51. The van der Waals surface area contributed by atoms with E-state index < -0.39 is 0 Å². The second-order valence-electron chi connectivity index (χ2n) is 6.07. The molecule has 7 nitrogen and oxygen atoms in total. The molecule has 132 valence electrons. The van der Waals surface area contributed by atoms with Crippen LogP contribution in [0.3, 0.4) is 0 Å². The average molecular weight is 349 g/mol. The van der Waals surface area contributed by atoms with Crippen LogP contribution in [0.4, 0.5) is 23.1 Å². The lowest BCUT2D eigenvalue weighted by molar-refractivity contribution is 0.171. The highest BCUT2D eigenvalue weighted by Gasteiger charge is 2.12. The van der Waals surface area contributed by atoms with Crippen molar-refractivity contribution in [2.24, 2.45) is 0 Å². The molecule has 1 aromatic heterocycles. The zero-order valence-corrected chi connectivity index (χ0v) is 14.6. The van der Waals surface area contributed by atoms with Crippen LogP contribution in [0.2, 0.25) is 0 Å². The van der Waals surface area contributed by atoms with E-state index in [1.54, 1.807) is 6.20 Å². The summed E-state index contributed by atoms with van der Waals surface area (Å²) in [4.78, 5) is 4.46. The molecule has 4 rings (SSSR count).